The van der Waals surface area contributed by atoms with Gasteiger partial charge in [0.15, 0.2) is 0 Å². The Balaban J connectivity index is 2.05. The molecule has 2 rings (SSSR count). The highest BCUT2D eigenvalue weighted by molar-refractivity contribution is 5.69. The highest BCUT2D eigenvalue weighted by Crippen LogP contribution is 2.12. The van der Waals surface area contributed by atoms with Gasteiger partial charge in [0.1, 0.15) is 6.23 Å². The van der Waals surface area contributed by atoms with Crippen molar-refractivity contribution in [2.75, 3.05) is 6.61 Å². The van der Waals surface area contributed by atoms with Gasteiger partial charge in [-0.25, -0.2) is 4.68 Å². The maximum absolute atomic E-state index is 8.74. The molecule has 0 bridgehead atoms. The van der Waals surface area contributed by atoms with Crippen molar-refractivity contribution in [3.63, 3.8) is 0 Å². The lowest BCUT2D eigenvalue weighted by Crippen LogP contribution is -2.09. The van der Waals surface area contributed by atoms with Crippen LogP contribution in [0.3, 0.4) is 0 Å². The van der Waals surface area contributed by atoms with Gasteiger partial charge in [0.2, 0.25) is 0 Å². The number of hydrogen-bond acceptors (Lipinski definition) is 3. The van der Waals surface area contributed by atoms with Crippen molar-refractivity contribution in [1.82, 2.24) is 9.78 Å². The average molecular weight is 267 g/mol. The highest BCUT2D eigenvalue weighted by atomic mass is 16.5. The Morgan fingerprint density at radius 1 is 1.30 bits per heavy atom. The van der Waals surface area contributed by atoms with E-state index in [2.05, 4.69) is 11.2 Å². The Hall–Kier alpha value is -2.38. The number of aromatic nitrogens is 2. The van der Waals surface area contributed by atoms with Crippen LogP contribution in [0.25, 0.3) is 12.2 Å². The number of nitriles is 1. The largest absolute Gasteiger partial charge is 0.357 e. The summed E-state index contributed by atoms with van der Waals surface area (Å²) >= 11 is 0. The summed E-state index contributed by atoms with van der Waals surface area (Å²) in [5.74, 6) is 0. The molecule has 20 heavy (non-hydrogen) atoms. The zero-order valence-corrected chi connectivity index (χ0v) is 11.7. The predicted octanol–water partition coefficient (Wildman–Crippen LogP) is 3.48. The quantitative estimate of drug-likeness (QED) is 0.833. The Kier molecular flexibility index (Phi) is 4.70. The Morgan fingerprint density at radius 2 is 2.00 bits per heavy atom. The summed E-state index contributed by atoms with van der Waals surface area (Å²) in [6, 6.07) is 9.55. The second-order valence-corrected chi connectivity index (χ2v) is 4.38. The van der Waals surface area contributed by atoms with E-state index in [4.69, 9.17) is 10.00 Å². The summed E-state index contributed by atoms with van der Waals surface area (Å²) in [6.07, 6.45) is 7.67. The standard InChI is InChI=1S/C16H17N3O/c1-3-20-13(2)19-12-16(11-18-19)9-6-14-4-7-15(10-17)8-5-14/h4-9,11-13H,3H2,1-2H3. The lowest BCUT2D eigenvalue weighted by Gasteiger charge is -2.10. The predicted molar refractivity (Wildman–Crippen MR) is 78.6 cm³/mol. The molecule has 0 aliphatic rings. The average Bonchev–Trinajstić information content (AvgIpc) is 2.95. The Labute approximate surface area is 118 Å². The molecule has 1 aromatic carbocycles. The molecule has 4 nitrogen and oxygen atoms in total. The Morgan fingerprint density at radius 3 is 2.65 bits per heavy atom. The van der Waals surface area contributed by atoms with Gasteiger partial charge in [-0.1, -0.05) is 24.3 Å². The maximum atomic E-state index is 8.74. The van der Waals surface area contributed by atoms with Gasteiger partial charge in [0.05, 0.1) is 17.8 Å². The molecule has 4 heteroatoms. The van der Waals surface area contributed by atoms with Crippen LogP contribution in [0.4, 0.5) is 0 Å². The van der Waals surface area contributed by atoms with Crippen LogP contribution in [0.15, 0.2) is 36.7 Å². The zero-order chi connectivity index (χ0) is 14.4. The molecule has 0 N–H and O–H groups in total. The lowest BCUT2D eigenvalue weighted by atomic mass is 10.1. The van der Waals surface area contributed by atoms with E-state index in [1.54, 1.807) is 23.0 Å². The number of benzene rings is 1. The zero-order valence-electron chi connectivity index (χ0n) is 11.7. The molecule has 0 radical (unpaired) electrons. The van der Waals surface area contributed by atoms with Crippen molar-refractivity contribution in [2.45, 2.75) is 20.1 Å². The van der Waals surface area contributed by atoms with Crippen molar-refractivity contribution in [2.24, 2.45) is 0 Å². The van der Waals surface area contributed by atoms with Crippen LogP contribution in [0.5, 0.6) is 0 Å². The third-order valence-corrected chi connectivity index (χ3v) is 2.91. The molecule has 1 heterocycles. The van der Waals surface area contributed by atoms with Gasteiger partial charge in [-0.15, -0.1) is 0 Å². The summed E-state index contributed by atoms with van der Waals surface area (Å²) in [6.45, 7) is 4.59. The van der Waals surface area contributed by atoms with Gasteiger partial charge >= 0.3 is 0 Å². The van der Waals surface area contributed by atoms with Crippen LogP contribution in [-0.2, 0) is 4.74 Å². The fraction of sp³-hybridized carbons (Fsp3) is 0.250. The third kappa shape index (κ3) is 3.56. The van der Waals surface area contributed by atoms with Crippen LogP contribution in [0, 0.1) is 11.3 Å². The molecule has 0 spiro atoms. The highest BCUT2D eigenvalue weighted by Gasteiger charge is 2.04. The van der Waals surface area contributed by atoms with E-state index in [0.29, 0.717) is 12.2 Å². The first-order valence-corrected chi connectivity index (χ1v) is 6.57. The lowest BCUT2D eigenvalue weighted by molar-refractivity contribution is 0.0159. The summed E-state index contributed by atoms with van der Waals surface area (Å²) in [7, 11) is 0. The second kappa shape index (κ2) is 6.69. The SMILES string of the molecule is CCOC(C)n1cc(C=Cc2ccc(C#N)cc2)cn1. The normalized spacial score (nSPS) is 12.4. The number of rotatable bonds is 5. The number of nitrogens with zero attached hydrogens (tertiary/aromatic N) is 3. The summed E-state index contributed by atoms with van der Waals surface area (Å²) in [4.78, 5) is 0. The van der Waals surface area contributed by atoms with Gasteiger partial charge in [0.25, 0.3) is 0 Å². The molecule has 1 aromatic heterocycles. The first kappa shape index (κ1) is 14.0. The smallest absolute Gasteiger partial charge is 0.147 e. The maximum Gasteiger partial charge on any atom is 0.147 e. The topological polar surface area (TPSA) is 50.8 Å². The molecule has 102 valence electrons. The molecule has 0 saturated heterocycles. The van der Waals surface area contributed by atoms with Crippen molar-refractivity contribution in [3.05, 3.63) is 53.3 Å². The minimum Gasteiger partial charge on any atom is -0.357 e. The summed E-state index contributed by atoms with van der Waals surface area (Å²) in [5.41, 5.74) is 2.73. The molecule has 0 aliphatic carbocycles. The van der Waals surface area contributed by atoms with Gasteiger partial charge < -0.3 is 4.74 Å². The van der Waals surface area contributed by atoms with E-state index in [9.17, 15) is 0 Å². The van der Waals surface area contributed by atoms with Crippen molar-refractivity contribution in [3.8, 4) is 6.07 Å². The first-order chi connectivity index (χ1) is 9.72. The first-order valence-electron chi connectivity index (χ1n) is 6.57. The van der Waals surface area contributed by atoms with Gasteiger partial charge in [0, 0.05) is 18.4 Å². The molecular weight excluding hydrogens is 250 g/mol. The van der Waals surface area contributed by atoms with Crippen LogP contribution in [0.2, 0.25) is 0 Å². The molecular formula is C16H17N3O. The van der Waals surface area contributed by atoms with E-state index in [-0.39, 0.29) is 6.23 Å². The molecule has 1 atom stereocenters. The monoisotopic (exact) mass is 267 g/mol. The van der Waals surface area contributed by atoms with E-state index in [1.807, 2.05) is 44.3 Å². The molecule has 1 unspecified atom stereocenters. The van der Waals surface area contributed by atoms with Crippen LogP contribution in [0.1, 0.15) is 36.8 Å². The van der Waals surface area contributed by atoms with E-state index in [0.717, 1.165) is 11.1 Å². The fourth-order valence-corrected chi connectivity index (χ4v) is 1.82. The second-order valence-electron chi connectivity index (χ2n) is 4.38. The minimum atomic E-state index is -0.0583. The summed E-state index contributed by atoms with van der Waals surface area (Å²) < 4.78 is 7.27. The fourth-order valence-electron chi connectivity index (χ4n) is 1.82. The van der Waals surface area contributed by atoms with Gasteiger partial charge in [-0.3, -0.25) is 0 Å². The van der Waals surface area contributed by atoms with Crippen molar-refractivity contribution < 1.29 is 4.74 Å². The van der Waals surface area contributed by atoms with Gasteiger partial charge in [-0.2, -0.15) is 10.4 Å². The van der Waals surface area contributed by atoms with E-state index >= 15 is 0 Å². The molecule has 0 aliphatic heterocycles. The van der Waals surface area contributed by atoms with E-state index in [1.165, 1.54) is 0 Å². The number of ether oxygens (including phenoxy) is 1. The van der Waals surface area contributed by atoms with E-state index < -0.39 is 0 Å². The summed E-state index contributed by atoms with van der Waals surface area (Å²) in [5, 5.41) is 13.0. The van der Waals surface area contributed by atoms with Gasteiger partial charge in [-0.05, 0) is 31.5 Å². The molecule has 0 fully saturated rings. The van der Waals surface area contributed by atoms with Crippen LogP contribution in [-0.4, -0.2) is 16.4 Å². The van der Waals surface area contributed by atoms with Crippen LogP contribution < -0.4 is 0 Å². The molecule has 0 saturated carbocycles. The van der Waals surface area contributed by atoms with Crippen molar-refractivity contribution in [1.29, 1.82) is 5.26 Å². The Bertz CT molecular complexity index is 620. The number of hydrogen-bond donors (Lipinski definition) is 0. The molecule has 0 amide bonds. The third-order valence-electron chi connectivity index (χ3n) is 2.91. The van der Waals surface area contributed by atoms with Crippen molar-refractivity contribution >= 4 is 12.2 Å². The van der Waals surface area contributed by atoms with Crippen LogP contribution >= 0.6 is 0 Å². The minimum absolute atomic E-state index is 0.0583. The molecule has 2 aromatic rings.